The van der Waals surface area contributed by atoms with Crippen molar-refractivity contribution in [3.8, 4) is 0 Å². The Morgan fingerprint density at radius 1 is 1.07 bits per heavy atom. The first-order chi connectivity index (χ1) is 6.87. The van der Waals surface area contributed by atoms with Crippen LogP contribution in [0.4, 0.5) is 0 Å². The van der Waals surface area contributed by atoms with E-state index in [2.05, 4.69) is 0 Å². The molecule has 1 rings (SSSR count). The van der Waals surface area contributed by atoms with Crippen molar-refractivity contribution in [3.63, 3.8) is 0 Å². The molecule has 0 saturated heterocycles. The van der Waals surface area contributed by atoms with E-state index in [9.17, 15) is 10.2 Å². The second kappa shape index (κ2) is 4.89. The summed E-state index contributed by atoms with van der Waals surface area (Å²) < 4.78 is -1.60. The summed E-state index contributed by atoms with van der Waals surface area (Å²) in [6.07, 6.45) is -0.162. The Labute approximate surface area is 103 Å². The molecule has 2 N–H and O–H groups in total. The summed E-state index contributed by atoms with van der Waals surface area (Å²) in [6, 6.07) is 8.64. The maximum absolute atomic E-state index is 10.1. The van der Waals surface area contributed by atoms with E-state index in [1.54, 1.807) is 30.3 Å². The third kappa shape index (κ3) is 3.82. The smallest absolute Gasteiger partial charge is 0.193 e. The van der Waals surface area contributed by atoms with Crippen LogP contribution in [0.1, 0.15) is 12.0 Å². The Bertz CT molecular complexity index is 310. The molecule has 1 atom stereocenters. The van der Waals surface area contributed by atoms with Crippen LogP contribution in [0.3, 0.4) is 0 Å². The number of halogens is 3. The Kier molecular flexibility index (Phi) is 4.27. The van der Waals surface area contributed by atoms with Crippen LogP contribution in [-0.4, -0.2) is 20.6 Å². The molecule has 0 heterocycles. The fraction of sp³-hybridized carbons (Fsp3) is 0.400. The van der Waals surface area contributed by atoms with Gasteiger partial charge in [0, 0.05) is 6.42 Å². The minimum atomic E-state index is -1.60. The zero-order chi connectivity index (χ0) is 11.5. The lowest BCUT2D eigenvalue weighted by Gasteiger charge is -2.29. The molecule has 84 valence electrons. The lowest BCUT2D eigenvalue weighted by Crippen LogP contribution is -2.34. The highest BCUT2D eigenvalue weighted by atomic mass is 35.6. The van der Waals surface area contributed by atoms with Crippen LogP contribution in [0.25, 0.3) is 0 Å². The molecule has 1 aromatic rings. The van der Waals surface area contributed by atoms with Crippen LogP contribution in [0.5, 0.6) is 0 Å². The number of hydrogen-bond donors (Lipinski definition) is 2. The van der Waals surface area contributed by atoms with Gasteiger partial charge in [0.25, 0.3) is 0 Å². The van der Waals surface area contributed by atoms with Crippen LogP contribution >= 0.6 is 34.8 Å². The average molecular weight is 270 g/mol. The average Bonchev–Trinajstić information content (AvgIpc) is 2.16. The normalized spacial score (nSPS) is 16.1. The van der Waals surface area contributed by atoms with Gasteiger partial charge in [-0.2, -0.15) is 0 Å². The largest absolute Gasteiger partial charge is 0.393 e. The van der Waals surface area contributed by atoms with Crippen LogP contribution in [0.2, 0.25) is 0 Å². The van der Waals surface area contributed by atoms with Gasteiger partial charge in [0.1, 0.15) is 5.60 Å². The van der Waals surface area contributed by atoms with Gasteiger partial charge in [0.2, 0.25) is 0 Å². The zero-order valence-corrected chi connectivity index (χ0v) is 10.1. The number of hydrogen-bond acceptors (Lipinski definition) is 2. The van der Waals surface area contributed by atoms with E-state index < -0.39 is 16.0 Å². The maximum atomic E-state index is 10.1. The third-order valence-electron chi connectivity index (χ3n) is 2.07. The monoisotopic (exact) mass is 268 g/mol. The standard InChI is InChI=1S/C10H11Cl3O2/c11-10(12,13)6-9(15,7-14)8-4-2-1-3-5-8/h1-5,14-15H,6-7H2. The minimum absolute atomic E-state index is 0.162. The molecule has 5 heteroatoms. The first kappa shape index (κ1) is 13.1. The SMILES string of the molecule is OCC(O)(CC(Cl)(Cl)Cl)c1ccccc1. The summed E-state index contributed by atoms with van der Waals surface area (Å²) in [5.41, 5.74) is -0.995. The zero-order valence-electron chi connectivity index (χ0n) is 7.83. The van der Waals surface area contributed by atoms with E-state index in [-0.39, 0.29) is 6.42 Å². The molecular formula is C10H11Cl3O2. The highest BCUT2D eigenvalue weighted by molar-refractivity contribution is 6.67. The predicted molar refractivity (Wildman–Crippen MR) is 62.3 cm³/mol. The quantitative estimate of drug-likeness (QED) is 0.828. The molecule has 0 aromatic heterocycles. The highest BCUT2D eigenvalue weighted by Gasteiger charge is 2.37. The molecule has 1 aromatic carbocycles. The summed E-state index contributed by atoms with van der Waals surface area (Å²) in [5.74, 6) is 0. The molecule has 0 aliphatic rings. The van der Waals surface area contributed by atoms with E-state index in [4.69, 9.17) is 34.8 Å². The van der Waals surface area contributed by atoms with Gasteiger partial charge in [-0.05, 0) is 5.56 Å². The topological polar surface area (TPSA) is 40.5 Å². The summed E-state index contributed by atoms with van der Waals surface area (Å²) in [4.78, 5) is 0. The summed E-state index contributed by atoms with van der Waals surface area (Å²) >= 11 is 16.8. The molecule has 0 bridgehead atoms. The van der Waals surface area contributed by atoms with Gasteiger partial charge in [0.05, 0.1) is 6.61 Å². The summed E-state index contributed by atoms with van der Waals surface area (Å²) in [7, 11) is 0. The molecule has 1 unspecified atom stereocenters. The molecule has 0 spiro atoms. The fourth-order valence-corrected chi connectivity index (χ4v) is 1.99. The second-order valence-electron chi connectivity index (χ2n) is 3.35. The van der Waals surface area contributed by atoms with E-state index in [0.717, 1.165) is 0 Å². The Morgan fingerprint density at radius 2 is 1.60 bits per heavy atom. The van der Waals surface area contributed by atoms with Gasteiger partial charge < -0.3 is 10.2 Å². The molecule has 0 saturated carbocycles. The Hall–Kier alpha value is 0.01000. The van der Waals surface area contributed by atoms with Crippen molar-refractivity contribution in [1.82, 2.24) is 0 Å². The molecule has 2 nitrogen and oxygen atoms in total. The third-order valence-corrected chi connectivity index (χ3v) is 2.47. The van der Waals surface area contributed by atoms with Crippen molar-refractivity contribution in [2.24, 2.45) is 0 Å². The summed E-state index contributed by atoms with van der Waals surface area (Å²) in [6.45, 7) is -0.495. The molecule has 0 amide bonds. The van der Waals surface area contributed by atoms with Gasteiger partial charge in [-0.15, -0.1) is 0 Å². The van der Waals surface area contributed by atoms with Crippen LogP contribution in [0, 0.1) is 0 Å². The van der Waals surface area contributed by atoms with Crippen molar-refractivity contribution in [1.29, 1.82) is 0 Å². The van der Waals surface area contributed by atoms with Gasteiger partial charge in [-0.3, -0.25) is 0 Å². The molecule has 0 aliphatic carbocycles. The molecular weight excluding hydrogens is 258 g/mol. The maximum Gasteiger partial charge on any atom is 0.193 e. The highest BCUT2D eigenvalue weighted by Crippen LogP contribution is 2.39. The lowest BCUT2D eigenvalue weighted by molar-refractivity contribution is -0.0252. The van der Waals surface area contributed by atoms with Crippen LogP contribution < -0.4 is 0 Å². The molecule has 0 aliphatic heterocycles. The number of rotatable bonds is 3. The predicted octanol–water partition coefficient (Wildman–Crippen LogP) is 2.63. The van der Waals surface area contributed by atoms with Crippen molar-refractivity contribution in [3.05, 3.63) is 35.9 Å². The van der Waals surface area contributed by atoms with Crippen molar-refractivity contribution >= 4 is 34.8 Å². The number of alkyl halides is 3. The number of aliphatic hydroxyl groups excluding tert-OH is 1. The fourth-order valence-electron chi connectivity index (χ4n) is 1.33. The Morgan fingerprint density at radius 3 is 2.00 bits per heavy atom. The van der Waals surface area contributed by atoms with Gasteiger partial charge in [-0.25, -0.2) is 0 Å². The van der Waals surface area contributed by atoms with Crippen molar-refractivity contribution < 1.29 is 10.2 Å². The number of aliphatic hydroxyl groups is 2. The van der Waals surface area contributed by atoms with E-state index in [0.29, 0.717) is 5.56 Å². The van der Waals surface area contributed by atoms with Crippen molar-refractivity contribution in [2.45, 2.75) is 15.8 Å². The van der Waals surface area contributed by atoms with Gasteiger partial charge in [-0.1, -0.05) is 65.1 Å². The van der Waals surface area contributed by atoms with E-state index in [1.807, 2.05) is 0 Å². The molecule has 0 radical (unpaired) electrons. The Balaban J connectivity index is 2.96. The minimum Gasteiger partial charge on any atom is -0.393 e. The molecule has 0 fully saturated rings. The van der Waals surface area contributed by atoms with Crippen LogP contribution in [-0.2, 0) is 5.60 Å². The molecule has 15 heavy (non-hydrogen) atoms. The van der Waals surface area contributed by atoms with Gasteiger partial charge in [0.15, 0.2) is 3.79 Å². The van der Waals surface area contributed by atoms with E-state index >= 15 is 0 Å². The van der Waals surface area contributed by atoms with Crippen LogP contribution in [0.15, 0.2) is 30.3 Å². The first-order valence-electron chi connectivity index (χ1n) is 4.33. The van der Waals surface area contributed by atoms with Gasteiger partial charge >= 0.3 is 0 Å². The second-order valence-corrected chi connectivity index (χ2v) is 5.86. The summed E-state index contributed by atoms with van der Waals surface area (Å²) in [5, 5.41) is 19.3. The first-order valence-corrected chi connectivity index (χ1v) is 5.46. The number of benzene rings is 1. The lowest BCUT2D eigenvalue weighted by atomic mass is 9.92. The van der Waals surface area contributed by atoms with Crippen molar-refractivity contribution in [2.75, 3.05) is 6.61 Å². The van der Waals surface area contributed by atoms with E-state index in [1.165, 1.54) is 0 Å².